The zero-order valence-electron chi connectivity index (χ0n) is 15.8. The Morgan fingerprint density at radius 3 is 2.72 bits per heavy atom. The van der Waals surface area contributed by atoms with E-state index in [1.54, 1.807) is 25.3 Å². The molecule has 0 bridgehead atoms. The van der Waals surface area contributed by atoms with E-state index in [4.69, 9.17) is 13.7 Å². The molecule has 4 aromatic rings. The van der Waals surface area contributed by atoms with E-state index in [1.165, 1.54) is 25.0 Å². The summed E-state index contributed by atoms with van der Waals surface area (Å²) in [5.74, 6) is 1.29. The smallest absolute Gasteiger partial charge is 0.257 e. The molecule has 8 heteroatoms. The molecule has 1 aliphatic rings. The number of benzene rings is 1. The first-order valence-electron chi connectivity index (χ1n) is 9.68. The van der Waals surface area contributed by atoms with Crippen LogP contribution >= 0.6 is 0 Å². The highest BCUT2D eigenvalue weighted by Crippen LogP contribution is 2.37. The molecule has 0 spiro atoms. The van der Waals surface area contributed by atoms with Gasteiger partial charge in [0.15, 0.2) is 6.10 Å². The molecule has 0 radical (unpaired) electrons. The molecule has 1 atom stereocenters. The minimum absolute atomic E-state index is 0.321. The van der Waals surface area contributed by atoms with Crippen molar-refractivity contribution in [3.05, 3.63) is 53.9 Å². The van der Waals surface area contributed by atoms with Crippen LogP contribution < -0.4 is 4.74 Å². The van der Waals surface area contributed by atoms with Crippen molar-refractivity contribution in [2.45, 2.75) is 44.6 Å². The Bertz CT molecular complexity index is 1130. The minimum atomic E-state index is -0.483. The molecule has 0 amide bonds. The highest BCUT2D eigenvalue weighted by molar-refractivity contribution is 5.80. The Hall–Kier alpha value is -3.29. The zero-order valence-corrected chi connectivity index (χ0v) is 15.8. The third kappa shape index (κ3) is 3.46. The van der Waals surface area contributed by atoms with Gasteiger partial charge in [0.1, 0.15) is 11.6 Å². The quantitative estimate of drug-likeness (QED) is 0.459. The first-order chi connectivity index (χ1) is 14.2. The van der Waals surface area contributed by atoms with Crippen LogP contribution in [0.3, 0.4) is 0 Å². The largest absolute Gasteiger partial charge is 0.481 e. The van der Waals surface area contributed by atoms with Crippen LogP contribution in [-0.2, 0) is 0 Å². The van der Waals surface area contributed by atoms with Gasteiger partial charge in [-0.1, -0.05) is 18.0 Å². The van der Waals surface area contributed by atoms with Crippen molar-refractivity contribution >= 4 is 11.1 Å². The summed E-state index contributed by atoms with van der Waals surface area (Å²) in [6.07, 6.45) is 5.82. The molecule has 1 aliphatic carbocycles. The van der Waals surface area contributed by atoms with Gasteiger partial charge in [0.2, 0.25) is 5.89 Å². The number of ether oxygens (including phenoxy) is 1. The van der Waals surface area contributed by atoms with Gasteiger partial charge in [0.25, 0.3) is 11.6 Å². The summed E-state index contributed by atoms with van der Waals surface area (Å²) >= 11 is 0. The second kappa shape index (κ2) is 7.27. The van der Waals surface area contributed by atoms with E-state index in [-0.39, 0.29) is 5.82 Å². The number of fused-ring (bicyclic) bond motifs is 1. The zero-order chi connectivity index (χ0) is 19.8. The first kappa shape index (κ1) is 17.8. The number of pyridine rings is 1. The summed E-state index contributed by atoms with van der Waals surface area (Å²) in [4.78, 5) is 4.36. The van der Waals surface area contributed by atoms with Crippen LogP contribution in [0.5, 0.6) is 5.75 Å². The molecule has 3 heterocycles. The number of halogens is 1. The van der Waals surface area contributed by atoms with Gasteiger partial charge in [-0.2, -0.15) is 0 Å². The van der Waals surface area contributed by atoms with Crippen molar-refractivity contribution in [1.29, 1.82) is 0 Å². The molecule has 29 heavy (non-hydrogen) atoms. The lowest BCUT2D eigenvalue weighted by Crippen LogP contribution is -2.03. The van der Waals surface area contributed by atoms with Crippen LogP contribution in [0.4, 0.5) is 4.39 Å². The van der Waals surface area contributed by atoms with Crippen molar-refractivity contribution in [1.82, 2.24) is 20.3 Å². The molecule has 5 rings (SSSR count). The van der Waals surface area contributed by atoms with Crippen molar-refractivity contribution in [2.24, 2.45) is 0 Å². The van der Waals surface area contributed by atoms with Crippen molar-refractivity contribution in [3.8, 4) is 17.2 Å². The predicted molar refractivity (Wildman–Crippen MR) is 102 cm³/mol. The van der Waals surface area contributed by atoms with Gasteiger partial charge in [0.05, 0.1) is 16.6 Å². The van der Waals surface area contributed by atoms with Gasteiger partial charge in [-0.3, -0.25) is 0 Å². The fourth-order valence-corrected chi connectivity index (χ4v) is 3.74. The number of hydrogen-bond donors (Lipinski definition) is 0. The Morgan fingerprint density at radius 2 is 1.93 bits per heavy atom. The Balaban J connectivity index is 1.40. The predicted octanol–water partition coefficient (Wildman–Crippen LogP) is 5.21. The minimum Gasteiger partial charge on any atom is -0.481 e. The summed E-state index contributed by atoms with van der Waals surface area (Å²) in [7, 11) is 0. The van der Waals surface area contributed by atoms with E-state index in [1.807, 2.05) is 6.07 Å². The topological polar surface area (TPSA) is 87.1 Å². The molecule has 1 aromatic carbocycles. The molecule has 0 saturated heterocycles. The SMILES string of the molecule is CC(Oc1ccc(F)cc1)c1nnc(-c2cnc3onc(C4CCCC4)c3c2)o1. The van der Waals surface area contributed by atoms with Crippen LogP contribution in [0, 0.1) is 5.82 Å². The maximum Gasteiger partial charge on any atom is 0.257 e. The second-order valence-electron chi connectivity index (χ2n) is 7.29. The standard InChI is InChI=1S/C21H19FN4O3/c1-12(27-16-8-6-15(22)7-9-16)19-24-25-20(28-19)14-10-17-18(13-4-2-3-5-13)26-29-21(17)23-11-14/h6-13H,2-5H2,1H3. The van der Waals surface area contributed by atoms with Crippen molar-refractivity contribution < 1.29 is 18.1 Å². The third-order valence-electron chi connectivity index (χ3n) is 5.26. The van der Waals surface area contributed by atoms with Gasteiger partial charge >= 0.3 is 0 Å². The molecule has 0 aliphatic heterocycles. The fraction of sp³-hybridized carbons (Fsp3) is 0.333. The fourth-order valence-electron chi connectivity index (χ4n) is 3.74. The van der Waals surface area contributed by atoms with Crippen molar-refractivity contribution in [2.75, 3.05) is 0 Å². The Labute approximate surface area is 165 Å². The summed E-state index contributed by atoms with van der Waals surface area (Å²) in [5, 5.41) is 13.4. The first-order valence-corrected chi connectivity index (χ1v) is 9.68. The number of rotatable bonds is 5. The molecule has 1 unspecified atom stereocenters. The summed E-state index contributed by atoms with van der Waals surface area (Å²) in [6, 6.07) is 7.72. The van der Waals surface area contributed by atoms with E-state index in [0.717, 1.165) is 23.9 Å². The second-order valence-corrected chi connectivity index (χ2v) is 7.29. The van der Waals surface area contributed by atoms with E-state index in [0.29, 0.717) is 34.7 Å². The van der Waals surface area contributed by atoms with E-state index >= 15 is 0 Å². The number of aromatic nitrogens is 4. The number of hydrogen-bond acceptors (Lipinski definition) is 7. The van der Waals surface area contributed by atoms with Gasteiger partial charge < -0.3 is 13.7 Å². The number of nitrogens with zero attached hydrogens (tertiary/aromatic N) is 4. The molecule has 1 saturated carbocycles. The third-order valence-corrected chi connectivity index (χ3v) is 5.26. The van der Waals surface area contributed by atoms with Crippen LogP contribution in [0.15, 0.2) is 45.5 Å². The molecular formula is C21H19FN4O3. The molecule has 0 N–H and O–H groups in total. The summed E-state index contributed by atoms with van der Waals surface area (Å²) in [6.45, 7) is 1.79. The van der Waals surface area contributed by atoms with E-state index < -0.39 is 6.10 Å². The Morgan fingerprint density at radius 1 is 1.14 bits per heavy atom. The lowest BCUT2D eigenvalue weighted by Gasteiger charge is -2.10. The molecular weight excluding hydrogens is 375 g/mol. The average Bonchev–Trinajstić information content (AvgIpc) is 3.49. The van der Waals surface area contributed by atoms with Crippen molar-refractivity contribution in [3.63, 3.8) is 0 Å². The highest BCUT2D eigenvalue weighted by atomic mass is 19.1. The molecule has 7 nitrogen and oxygen atoms in total. The van der Waals surface area contributed by atoms with Crippen LogP contribution in [-0.4, -0.2) is 20.3 Å². The average molecular weight is 394 g/mol. The van der Waals surface area contributed by atoms with Gasteiger partial charge in [0, 0.05) is 12.1 Å². The Kier molecular flexibility index (Phi) is 4.46. The normalized spacial score (nSPS) is 15.8. The molecule has 3 aromatic heterocycles. The van der Waals surface area contributed by atoms with E-state index in [2.05, 4.69) is 20.3 Å². The lowest BCUT2D eigenvalue weighted by atomic mass is 10.0. The molecule has 1 fully saturated rings. The van der Waals surface area contributed by atoms with Crippen LogP contribution in [0.1, 0.15) is 56.2 Å². The van der Waals surface area contributed by atoms with Gasteiger partial charge in [-0.15, -0.1) is 10.2 Å². The summed E-state index contributed by atoms with van der Waals surface area (Å²) < 4.78 is 30.0. The lowest BCUT2D eigenvalue weighted by molar-refractivity contribution is 0.189. The van der Waals surface area contributed by atoms with Crippen LogP contribution in [0.25, 0.3) is 22.6 Å². The maximum atomic E-state index is 13.0. The van der Waals surface area contributed by atoms with Gasteiger partial charge in [-0.25, -0.2) is 9.37 Å². The molecule has 148 valence electrons. The maximum absolute atomic E-state index is 13.0. The summed E-state index contributed by atoms with van der Waals surface area (Å²) in [5.41, 5.74) is 2.18. The van der Waals surface area contributed by atoms with Gasteiger partial charge in [-0.05, 0) is 50.1 Å². The van der Waals surface area contributed by atoms with Crippen LogP contribution in [0.2, 0.25) is 0 Å². The highest BCUT2D eigenvalue weighted by Gasteiger charge is 2.24. The van der Waals surface area contributed by atoms with E-state index in [9.17, 15) is 4.39 Å². The monoisotopic (exact) mass is 394 g/mol.